The van der Waals surface area contributed by atoms with E-state index in [1.165, 1.54) is 7.11 Å². The molecule has 1 aromatic rings. The van der Waals surface area contributed by atoms with E-state index in [-0.39, 0.29) is 11.8 Å². The SMILES string of the molecule is COC(=O)c1ccc(N)c(N2CCCC(C(N)=O)C2)c1. The quantitative estimate of drug-likeness (QED) is 0.627. The van der Waals surface area contributed by atoms with Crippen molar-refractivity contribution in [1.29, 1.82) is 0 Å². The Morgan fingerprint density at radius 2 is 2.15 bits per heavy atom. The van der Waals surface area contributed by atoms with Crippen molar-refractivity contribution < 1.29 is 14.3 Å². The number of hydrogen-bond donors (Lipinski definition) is 2. The van der Waals surface area contributed by atoms with Crippen LogP contribution >= 0.6 is 0 Å². The molecule has 1 aromatic carbocycles. The molecule has 0 aromatic heterocycles. The van der Waals surface area contributed by atoms with E-state index in [0.717, 1.165) is 25.1 Å². The van der Waals surface area contributed by atoms with Gasteiger partial charge in [0.25, 0.3) is 0 Å². The van der Waals surface area contributed by atoms with Gasteiger partial charge in [0, 0.05) is 13.1 Å². The number of benzene rings is 1. The zero-order valence-electron chi connectivity index (χ0n) is 11.5. The van der Waals surface area contributed by atoms with Gasteiger partial charge in [-0.25, -0.2) is 4.79 Å². The van der Waals surface area contributed by atoms with Gasteiger partial charge >= 0.3 is 5.97 Å². The molecule has 0 saturated carbocycles. The minimum atomic E-state index is -0.408. The van der Waals surface area contributed by atoms with Gasteiger partial charge in [0.05, 0.1) is 30.0 Å². The molecule has 2 rings (SSSR count). The summed E-state index contributed by atoms with van der Waals surface area (Å²) in [5.74, 6) is -0.878. The van der Waals surface area contributed by atoms with Crippen molar-refractivity contribution in [2.24, 2.45) is 11.7 Å². The fourth-order valence-electron chi connectivity index (χ4n) is 2.49. The van der Waals surface area contributed by atoms with Crippen molar-refractivity contribution in [2.45, 2.75) is 12.8 Å². The lowest BCUT2D eigenvalue weighted by atomic mass is 9.96. The highest BCUT2D eigenvalue weighted by molar-refractivity contribution is 5.92. The van der Waals surface area contributed by atoms with Crippen LogP contribution in [0.3, 0.4) is 0 Å². The molecule has 6 nitrogen and oxygen atoms in total. The average Bonchev–Trinajstić information content (AvgIpc) is 2.47. The first-order chi connectivity index (χ1) is 9.52. The number of piperidine rings is 1. The molecule has 0 spiro atoms. The van der Waals surface area contributed by atoms with Crippen molar-refractivity contribution in [2.75, 3.05) is 30.8 Å². The number of ether oxygens (including phenoxy) is 1. The van der Waals surface area contributed by atoms with Crippen LogP contribution in [0.4, 0.5) is 11.4 Å². The van der Waals surface area contributed by atoms with Crippen molar-refractivity contribution in [3.05, 3.63) is 23.8 Å². The highest BCUT2D eigenvalue weighted by Gasteiger charge is 2.25. The number of esters is 1. The van der Waals surface area contributed by atoms with Gasteiger partial charge in [-0.1, -0.05) is 0 Å². The van der Waals surface area contributed by atoms with Gasteiger partial charge < -0.3 is 21.1 Å². The summed E-state index contributed by atoms with van der Waals surface area (Å²) in [6.45, 7) is 1.32. The molecule has 1 saturated heterocycles. The third-order valence-electron chi connectivity index (χ3n) is 3.62. The van der Waals surface area contributed by atoms with Crippen LogP contribution in [0.25, 0.3) is 0 Å². The fourth-order valence-corrected chi connectivity index (χ4v) is 2.49. The molecule has 0 radical (unpaired) electrons. The molecule has 1 aliphatic rings. The summed E-state index contributed by atoms with van der Waals surface area (Å²) in [6.07, 6.45) is 1.66. The predicted molar refractivity (Wildman–Crippen MR) is 76.3 cm³/mol. The van der Waals surface area contributed by atoms with Gasteiger partial charge in [-0.15, -0.1) is 0 Å². The number of anilines is 2. The Hall–Kier alpha value is -2.24. The van der Waals surface area contributed by atoms with Gasteiger partial charge in [-0.2, -0.15) is 0 Å². The molecule has 0 bridgehead atoms. The normalized spacial score (nSPS) is 18.6. The minimum absolute atomic E-state index is 0.176. The summed E-state index contributed by atoms with van der Waals surface area (Å²) in [5.41, 5.74) is 13.1. The summed E-state index contributed by atoms with van der Waals surface area (Å²) in [4.78, 5) is 24.9. The summed E-state index contributed by atoms with van der Waals surface area (Å²) in [5, 5.41) is 0. The Morgan fingerprint density at radius 3 is 2.80 bits per heavy atom. The average molecular weight is 277 g/mol. The van der Waals surface area contributed by atoms with Crippen molar-refractivity contribution in [3.8, 4) is 0 Å². The monoisotopic (exact) mass is 277 g/mol. The largest absolute Gasteiger partial charge is 0.465 e. The molecule has 20 heavy (non-hydrogen) atoms. The molecule has 4 N–H and O–H groups in total. The molecule has 1 fully saturated rings. The Bertz CT molecular complexity index is 530. The van der Waals surface area contributed by atoms with Crippen LogP contribution in [0.5, 0.6) is 0 Å². The van der Waals surface area contributed by atoms with Crippen LogP contribution in [0, 0.1) is 5.92 Å². The fraction of sp³-hybridized carbons (Fsp3) is 0.429. The van der Waals surface area contributed by atoms with Gasteiger partial charge in [0.15, 0.2) is 0 Å². The first-order valence-corrected chi connectivity index (χ1v) is 6.55. The second-order valence-electron chi connectivity index (χ2n) is 4.95. The van der Waals surface area contributed by atoms with Gasteiger partial charge in [0.1, 0.15) is 0 Å². The highest BCUT2D eigenvalue weighted by atomic mass is 16.5. The third-order valence-corrected chi connectivity index (χ3v) is 3.62. The minimum Gasteiger partial charge on any atom is -0.465 e. The number of nitrogen functional groups attached to an aromatic ring is 1. The Kier molecular flexibility index (Phi) is 4.12. The Morgan fingerprint density at radius 1 is 1.40 bits per heavy atom. The smallest absolute Gasteiger partial charge is 0.337 e. The molecular formula is C14H19N3O3. The van der Waals surface area contributed by atoms with E-state index in [2.05, 4.69) is 0 Å². The third kappa shape index (κ3) is 2.84. The van der Waals surface area contributed by atoms with Crippen LogP contribution in [0.1, 0.15) is 23.2 Å². The van der Waals surface area contributed by atoms with Crippen LogP contribution in [-0.4, -0.2) is 32.1 Å². The molecule has 1 aliphatic heterocycles. The van der Waals surface area contributed by atoms with Gasteiger partial charge in [-0.05, 0) is 31.0 Å². The number of rotatable bonds is 3. The molecule has 6 heteroatoms. The zero-order chi connectivity index (χ0) is 14.7. The molecular weight excluding hydrogens is 258 g/mol. The number of hydrogen-bond acceptors (Lipinski definition) is 5. The van der Waals surface area contributed by atoms with E-state index >= 15 is 0 Å². The lowest BCUT2D eigenvalue weighted by Crippen LogP contribution is -2.41. The van der Waals surface area contributed by atoms with E-state index in [0.29, 0.717) is 17.8 Å². The maximum atomic E-state index is 11.6. The number of primary amides is 1. The van der Waals surface area contributed by atoms with Gasteiger partial charge in [-0.3, -0.25) is 4.79 Å². The molecule has 1 heterocycles. The summed E-state index contributed by atoms with van der Waals surface area (Å²) in [7, 11) is 1.34. The topological polar surface area (TPSA) is 98.7 Å². The van der Waals surface area contributed by atoms with E-state index < -0.39 is 5.97 Å². The second kappa shape index (κ2) is 5.81. The maximum absolute atomic E-state index is 11.6. The van der Waals surface area contributed by atoms with Crippen LogP contribution in [0.15, 0.2) is 18.2 Å². The molecule has 1 atom stereocenters. The lowest BCUT2D eigenvalue weighted by Gasteiger charge is -2.33. The molecule has 1 unspecified atom stereocenters. The molecule has 108 valence electrons. The maximum Gasteiger partial charge on any atom is 0.337 e. The first-order valence-electron chi connectivity index (χ1n) is 6.55. The number of carbonyl (C=O) groups excluding carboxylic acids is 2. The summed E-state index contributed by atoms with van der Waals surface area (Å²) < 4.78 is 4.71. The Labute approximate surface area is 117 Å². The predicted octanol–water partition coefficient (Wildman–Crippen LogP) is 0.757. The number of carbonyl (C=O) groups is 2. The lowest BCUT2D eigenvalue weighted by molar-refractivity contribution is -0.122. The summed E-state index contributed by atoms with van der Waals surface area (Å²) >= 11 is 0. The van der Waals surface area contributed by atoms with Crippen LogP contribution in [-0.2, 0) is 9.53 Å². The Balaban J connectivity index is 2.27. The van der Waals surface area contributed by atoms with Crippen LogP contribution < -0.4 is 16.4 Å². The number of nitrogens with two attached hydrogens (primary N) is 2. The number of amides is 1. The van der Waals surface area contributed by atoms with E-state index in [1.54, 1.807) is 18.2 Å². The van der Waals surface area contributed by atoms with Crippen molar-refractivity contribution in [1.82, 2.24) is 0 Å². The molecule has 0 aliphatic carbocycles. The zero-order valence-corrected chi connectivity index (χ0v) is 11.5. The number of nitrogens with zero attached hydrogens (tertiary/aromatic N) is 1. The number of methoxy groups -OCH3 is 1. The highest BCUT2D eigenvalue weighted by Crippen LogP contribution is 2.29. The first kappa shape index (κ1) is 14.2. The van der Waals surface area contributed by atoms with Crippen molar-refractivity contribution >= 4 is 23.3 Å². The second-order valence-corrected chi connectivity index (χ2v) is 4.95. The summed E-state index contributed by atoms with van der Waals surface area (Å²) in [6, 6.07) is 5.00. The van der Waals surface area contributed by atoms with Crippen LogP contribution in [0.2, 0.25) is 0 Å². The standard InChI is InChI=1S/C14H19N3O3/c1-20-14(19)9-4-5-11(15)12(7-9)17-6-2-3-10(8-17)13(16)18/h4-5,7,10H,2-3,6,8,15H2,1H3,(H2,16,18). The van der Waals surface area contributed by atoms with E-state index in [4.69, 9.17) is 16.2 Å². The van der Waals surface area contributed by atoms with E-state index in [1.807, 2.05) is 4.90 Å². The van der Waals surface area contributed by atoms with Crippen molar-refractivity contribution in [3.63, 3.8) is 0 Å². The van der Waals surface area contributed by atoms with Gasteiger partial charge in [0.2, 0.25) is 5.91 Å². The molecule has 1 amide bonds. The van der Waals surface area contributed by atoms with E-state index in [9.17, 15) is 9.59 Å².